The molecule has 1 rings (SSSR count). The third-order valence-electron chi connectivity index (χ3n) is 2.33. The molecule has 8 heteroatoms. The van der Waals surface area contributed by atoms with Crippen molar-refractivity contribution < 1.29 is 22.7 Å². The summed E-state index contributed by atoms with van der Waals surface area (Å²) in [6, 6.07) is 3.57. The van der Waals surface area contributed by atoms with E-state index in [-0.39, 0.29) is 23.7 Å². The number of anilines is 2. The molecule has 0 aliphatic carbocycles. The van der Waals surface area contributed by atoms with Crippen LogP contribution >= 0.6 is 0 Å². The van der Waals surface area contributed by atoms with Crippen molar-refractivity contribution in [2.24, 2.45) is 0 Å². The van der Waals surface area contributed by atoms with E-state index in [0.29, 0.717) is 6.42 Å². The Hall–Kier alpha value is -1.67. The molecule has 1 aromatic rings. The molecule has 0 spiro atoms. The van der Waals surface area contributed by atoms with Crippen LogP contribution in [-0.4, -0.2) is 31.8 Å². The second-order valence-corrected chi connectivity index (χ2v) is 6.25. The van der Waals surface area contributed by atoms with Crippen LogP contribution in [0, 0.1) is 5.82 Å². The molecular weight excluding hydrogens is 287 g/mol. The molecule has 1 atom stereocenters. The molecule has 0 bridgehead atoms. The van der Waals surface area contributed by atoms with Crippen molar-refractivity contribution in [3.8, 4) is 0 Å². The lowest BCUT2D eigenvalue weighted by molar-refractivity contribution is -0.116. The van der Waals surface area contributed by atoms with Crippen LogP contribution in [0.25, 0.3) is 0 Å². The van der Waals surface area contributed by atoms with Crippen LogP contribution in [0.4, 0.5) is 15.8 Å². The van der Waals surface area contributed by atoms with Crippen molar-refractivity contribution in [2.45, 2.75) is 25.9 Å². The van der Waals surface area contributed by atoms with Crippen molar-refractivity contribution in [3.63, 3.8) is 0 Å². The molecule has 0 heterocycles. The summed E-state index contributed by atoms with van der Waals surface area (Å²) in [5.41, 5.74) is 0.0361. The van der Waals surface area contributed by atoms with Crippen molar-refractivity contribution in [2.75, 3.05) is 16.3 Å². The van der Waals surface area contributed by atoms with Crippen LogP contribution in [0.3, 0.4) is 0 Å². The van der Waals surface area contributed by atoms with E-state index in [1.165, 1.54) is 12.1 Å². The monoisotopic (exact) mass is 304 g/mol. The molecule has 0 aromatic heterocycles. The van der Waals surface area contributed by atoms with Gasteiger partial charge in [0.25, 0.3) is 0 Å². The molecule has 0 aliphatic heterocycles. The standard InChI is InChI=1S/C12H17FN2O4S/c1-8(16)3-6-12(17)14-9-4-5-10(13)11(7-9)15-20(2,18)19/h4-5,7-8,15-16H,3,6H2,1-2H3,(H,14,17). The highest BCUT2D eigenvalue weighted by molar-refractivity contribution is 7.92. The van der Waals surface area contributed by atoms with Gasteiger partial charge in [-0.05, 0) is 31.5 Å². The Morgan fingerprint density at radius 3 is 2.65 bits per heavy atom. The molecule has 1 amide bonds. The van der Waals surface area contributed by atoms with E-state index in [9.17, 15) is 17.6 Å². The lowest BCUT2D eigenvalue weighted by Crippen LogP contribution is -2.15. The second kappa shape index (κ2) is 6.67. The lowest BCUT2D eigenvalue weighted by atomic mass is 10.2. The molecule has 112 valence electrons. The van der Waals surface area contributed by atoms with Crippen LogP contribution in [0.15, 0.2) is 18.2 Å². The zero-order chi connectivity index (χ0) is 15.3. The third kappa shape index (κ3) is 5.98. The zero-order valence-electron chi connectivity index (χ0n) is 11.2. The summed E-state index contributed by atoms with van der Waals surface area (Å²) >= 11 is 0. The van der Waals surface area contributed by atoms with Crippen LogP contribution < -0.4 is 10.0 Å². The molecule has 1 aromatic carbocycles. The smallest absolute Gasteiger partial charge is 0.229 e. The van der Waals surface area contributed by atoms with Gasteiger partial charge in [-0.1, -0.05) is 0 Å². The number of carbonyl (C=O) groups excluding carboxylic acids is 1. The number of aliphatic hydroxyl groups is 1. The molecule has 1 unspecified atom stereocenters. The van der Waals surface area contributed by atoms with Gasteiger partial charge in [-0.2, -0.15) is 0 Å². The summed E-state index contributed by atoms with van der Waals surface area (Å²) in [5.74, 6) is -1.08. The quantitative estimate of drug-likeness (QED) is 0.738. The molecular formula is C12H17FN2O4S. The average molecular weight is 304 g/mol. The number of amides is 1. The Labute approximate surface area is 117 Å². The number of benzene rings is 1. The zero-order valence-corrected chi connectivity index (χ0v) is 12.0. The van der Waals surface area contributed by atoms with Crippen LogP contribution in [0.2, 0.25) is 0 Å². The second-order valence-electron chi connectivity index (χ2n) is 4.50. The van der Waals surface area contributed by atoms with Crippen molar-refractivity contribution in [1.29, 1.82) is 0 Å². The van der Waals surface area contributed by atoms with Crippen LogP contribution in [-0.2, 0) is 14.8 Å². The normalized spacial score (nSPS) is 12.8. The molecule has 0 saturated carbocycles. The minimum Gasteiger partial charge on any atom is -0.393 e. The first-order valence-corrected chi connectivity index (χ1v) is 7.82. The largest absolute Gasteiger partial charge is 0.393 e. The summed E-state index contributed by atoms with van der Waals surface area (Å²) in [5, 5.41) is 11.6. The Kier molecular flexibility index (Phi) is 5.46. The van der Waals surface area contributed by atoms with E-state index >= 15 is 0 Å². The highest BCUT2D eigenvalue weighted by Gasteiger charge is 2.10. The predicted molar refractivity (Wildman–Crippen MR) is 74.4 cm³/mol. The topological polar surface area (TPSA) is 95.5 Å². The van der Waals surface area contributed by atoms with Gasteiger partial charge < -0.3 is 10.4 Å². The highest BCUT2D eigenvalue weighted by atomic mass is 32.2. The fourth-order valence-electron chi connectivity index (χ4n) is 1.44. The maximum Gasteiger partial charge on any atom is 0.229 e. The summed E-state index contributed by atoms with van der Waals surface area (Å²) in [6.07, 6.45) is 0.738. The van der Waals surface area contributed by atoms with Gasteiger partial charge in [0.15, 0.2) is 0 Å². The van der Waals surface area contributed by atoms with Gasteiger partial charge in [0.2, 0.25) is 15.9 Å². The number of carbonyl (C=O) groups is 1. The van der Waals surface area contributed by atoms with Crippen molar-refractivity contribution in [1.82, 2.24) is 0 Å². The fourth-order valence-corrected chi connectivity index (χ4v) is 2.00. The number of nitrogens with one attached hydrogen (secondary N) is 2. The average Bonchev–Trinajstić information content (AvgIpc) is 2.29. The van der Waals surface area contributed by atoms with E-state index in [4.69, 9.17) is 5.11 Å². The van der Waals surface area contributed by atoms with Gasteiger partial charge in [0.1, 0.15) is 5.82 Å². The van der Waals surface area contributed by atoms with Gasteiger partial charge in [0, 0.05) is 12.1 Å². The maximum atomic E-state index is 13.4. The Morgan fingerprint density at radius 1 is 1.45 bits per heavy atom. The fraction of sp³-hybridized carbons (Fsp3) is 0.417. The van der Waals surface area contributed by atoms with Gasteiger partial charge in [-0.15, -0.1) is 0 Å². The summed E-state index contributed by atoms with van der Waals surface area (Å²) in [4.78, 5) is 11.5. The minimum atomic E-state index is -3.60. The van der Waals surface area contributed by atoms with Gasteiger partial charge in [0.05, 0.1) is 18.0 Å². The maximum absolute atomic E-state index is 13.4. The molecule has 0 aliphatic rings. The third-order valence-corrected chi connectivity index (χ3v) is 2.93. The number of aliphatic hydroxyl groups excluding tert-OH is 1. The number of halogens is 1. The molecule has 0 fully saturated rings. The molecule has 6 nitrogen and oxygen atoms in total. The number of rotatable bonds is 6. The minimum absolute atomic E-state index is 0.115. The van der Waals surface area contributed by atoms with E-state index in [2.05, 4.69) is 5.32 Å². The Balaban J connectivity index is 2.77. The molecule has 0 saturated heterocycles. The Morgan fingerprint density at radius 2 is 2.10 bits per heavy atom. The summed E-state index contributed by atoms with van der Waals surface area (Å²) in [7, 11) is -3.60. The molecule has 0 radical (unpaired) electrons. The first kappa shape index (κ1) is 16.4. The Bertz CT molecular complexity index is 587. The van der Waals surface area contributed by atoms with E-state index in [0.717, 1.165) is 12.3 Å². The van der Waals surface area contributed by atoms with E-state index in [1.807, 2.05) is 4.72 Å². The summed E-state index contributed by atoms with van der Waals surface area (Å²) in [6.45, 7) is 1.57. The van der Waals surface area contributed by atoms with E-state index in [1.54, 1.807) is 6.92 Å². The number of sulfonamides is 1. The first-order valence-electron chi connectivity index (χ1n) is 5.92. The van der Waals surface area contributed by atoms with Gasteiger partial charge in [-0.25, -0.2) is 12.8 Å². The van der Waals surface area contributed by atoms with Gasteiger partial charge >= 0.3 is 0 Å². The van der Waals surface area contributed by atoms with Crippen molar-refractivity contribution >= 4 is 27.3 Å². The first-order chi connectivity index (χ1) is 9.17. The highest BCUT2D eigenvalue weighted by Crippen LogP contribution is 2.20. The lowest BCUT2D eigenvalue weighted by Gasteiger charge is -2.10. The predicted octanol–water partition coefficient (Wildman–Crippen LogP) is 1.30. The van der Waals surface area contributed by atoms with Gasteiger partial charge in [-0.3, -0.25) is 9.52 Å². The SMILES string of the molecule is CC(O)CCC(=O)Nc1ccc(F)c(NS(C)(=O)=O)c1. The molecule has 20 heavy (non-hydrogen) atoms. The summed E-state index contributed by atoms with van der Waals surface area (Å²) < 4.78 is 37.6. The number of hydrogen-bond donors (Lipinski definition) is 3. The number of hydrogen-bond acceptors (Lipinski definition) is 4. The van der Waals surface area contributed by atoms with Crippen LogP contribution in [0.5, 0.6) is 0 Å². The van der Waals surface area contributed by atoms with E-state index < -0.39 is 21.9 Å². The van der Waals surface area contributed by atoms with Crippen LogP contribution in [0.1, 0.15) is 19.8 Å². The molecule has 3 N–H and O–H groups in total. The van der Waals surface area contributed by atoms with Crippen molar-refractivity contribution in [3.05, 3.63) is 24.0 Å².